The van der Waals surface area contributed by atoms with Crippen LogP contribution in [0, 0.1) is 0 Å². The Balaban J connectivity index is 2.08. The molecule has 1 unspecified atom stereocenters. The third-order valence-corrected chi connectivity index (χ3v) is 3.45. The second-order valence-corrected chi connectivity index (χ2v) is 5.12. The van der Waals surface area contributed by atoms with Gasteiger partial charge in [0.2, 0.25) is 0 Å². The minimum atomic E-state index is -0.301. The number of aromatic nitrogens is 1. The molecule has 0 aliphatic carbocycles. The highest BCUT2D eigenvalue weighted by Crippen LogP contribution is 2.24. The summed E-state index contributed by atoms with van der Waals surface area (Å²) in [6.07, 6.45) is 0.0452. The maximum absolute atomic E-state index is 11.8. The zero-order chi connectivity index (χ0) is 13.4. The third kappa shape index (κ3) is 2.19. The summed E-state index contributed by atoms with van der Waals surface area (Å²) in [5, 5.41) is 3.31. The molecule has 1 aromatic carbocycles. The van der Waals surface area contributed by atoms with Crippen molar-refractivity contribution in [2.75, 3.05) is 19.7 Å². The highest BCUT2D eigenvalue weighted by Gasteiger charge is 2.18. The zero-order valence-electron chi connectivity index (χ0n) is 11.2. The normalized spacial score (nSPS) is 20.3. The van der Waals surface area contributed by atoms with Crippen LogP contribution in [-0.2, 0) is 4.74 Å². The van der Waals surface area contributed by atoms with Crippen LogP contribution in [0.15, 0.2) is 27.4 Å². The standard InChI is InChI=1S/C14H18N2O3/c1-9(2)16-11-7-10(13-8-15-5-6-18-13)3-4-12(11)19-14(16)17/h3-4,7,9,13,15H,5-6,8H2,1-2H3. The first kappa shape index (κ1) is 12.4. The van der Waals surface area contributed by atoms with Gasteiger partial charge in [0.1, 0.15) is 0 Å². The van der Waals surface area contributed by atoms with Crippen molar-refractivity contribution in [1.29, 1.82) is 0 Å². The van der Waals surface area contributed by atoms with Gasteiger partial charge in [-0.15, -0.1) is 0 Å². The van der Waals surface area contributed by atoms with E-state index in [9.17, 15) is 4.79 Å². The Morgan fingerprint density at radius 1 is 1.42 bits per heavy atom. The molecule has 1 atom stereocenters. The monoisotopic (exact) mass is 262 g/mol. The third-order valence-electron chi connectivity index (χ3n) is 3.45. The van der Waals surface area contributed by atoms with Crippen molar-refractivity contribution < 1.29 is 9.15 Å². The Morgan fingerprint density at radius 2 is 2.26 bits per heavy atom. The van der Waals surface area contributed by atoms with E-state index in [0.29, 0.717) is 12.2 Å². The van der Waals surface area contributed by atoms with Crippen LogP contribution >= 0.6 is 0 Å². The van der Waals surface area contributed by atoms with Crippen molar-refractivity contribution in [3.63, 3.8) is 0 Å². The number of benzene rings is 1. The van der Waals surface area contributed by atoms with Gasteiger partial charge in [0, 0.05) is 19.1 Å². The maximum Gasteiger partial charge on any atom is 0.420 e. The molecule has 2 heterocycles. The fraction of sp³-hybridized carbons (Fsp3) is 0.500. The summed E-state index contributed by atoms with van der Waals surface area (Å²) in [5.74, 6) is -0.301. The molecular weight excluding hydrogens is 244 g/mol. The molecule has 0 saturated carbocycles. The van der Waals surface area contributed by atoms with E-state index in [1.165, 1.54) is 0 Å². The van der Waals surface area contributed by atoms with Crippen molar-refractivity contribution >= 4 is 11.1 Å². The predicted octanol–water partition coefficient (Wildman–Crippen LogP) is 1.84. The van der Waals surface area contributed by atoms with Gasteiger partial charge in [0.15, 0.2) is 5.58 Å². The number of morpholine rings is 1. The molecule has 19 heavy (non-hydrogen) atoms. The van der Waals surface area contributed by atoms with E-state index in [2.05, 4.69) is 5.32 Å². The summed E-state index contributed by atoms with van der Waals surface area (Å²) in [6, 6.07) is 5.89. The molecule has 1 aromatic heterocycles. The van der Waals surface area contributed by atoms with Gasteiger partial charge in [0.05, 0.1) is 18.2 Å². The fourth-order valence-electron chi connectivity index (χ4n) is 2.52. The molecule has 0 radical (unpaired) electrons. The summed E-state index contributed by atoms with van der Waals surface area (Å²) >= 11 is 0. The number of nitrogens with one attached hydrogen (secondary N) is 1. The first-order chi connectivity index (χ1) is 9.16. The van der Waals surface area contributed by atoms with Gasteiger partial charge in [-0.1, -0.05) is 6.07 Å². The van der Waals surface area contributed by atoms with Crippen LogP contribution in [0.4, 0.5) is 0 Å². The van der Waals surface area contributed by atoms with Crippen LogP contribution in [0.3, 0.4) is 0 Å². The van der Waals surface area contributed by atoms with E-state index in [4.69, 9.17) is 9.15 Å². The smallest absolute Gasteiger partial charge is 0.408 e. The lowest BCUT2D eigenvalue weighted by molar-refractivity contribution is 0.0277. The summed E-state index contributed by atoms with van der Waals surface area (Å²) in [6.45, 7) is 6.35. The number of ether oxygens (including phenoxy) is 1. The van der Waals surface area contributed by atoms with E-state index in [0.717, 1.165) is 24.2 Å². The van der Waals surface area contributed by atoms with Gasteiger partial charge in [0.25, 0.3) is 0 Å². The van der Waals surface area contributed by atoms with Gasteiger partial charge < -0.3 is 14.5 Å². The molecule has 1 saturated heterocycles. The number of rotatable bonds is 2. The molecule has 1 aliphatic heterocycles. The summed E-state index contributed by atoms with van der Waals surface area (Å²) in [4.78, 5) is 11.8. The van der Waals surface area contributed by atoms with Crippen molar-refractivity contribution in [1.82, 2.24) is 9.88 Å². The zero-order valence-corrected chi connectivity index (χ0v) is 11.2. The van der Waals surface area contributed by atoms with Crippen LogP contribution in [0.25, 0.3) is 11.1 Å². The molecule has 1 fully saturated rings. The van der Waals surface area contributed by atoms with Gasteiger partial charge >= 0.3 is 5.76 Å². The second kappa shape index (κ2) is 4.83. The first-order valence-corrected chi connectivity index (χ1v) is 6.64. The number of fused-ring (bicyclic) bond motifs is 1. The molecule has 0 spiro atoms. The molecule has 2 aromatic rings. The van der Waals surface area contributed by atoms with E-state index in [-0.39, 0.29) is 17.9 Å². The number of hydrogen-bond donors (Lipinski definition) is 1. The second-order valence-electron chi connectivity index (χ2n) is 5.12. The Labute approximate surface area is 111 Å². The number of nitrogens with zero attached hydrogens (tertiary/aromatic N) is 1. The van der Waals surface area contributed by atoms with Crippen LogP contribution in [0.2, 0.25) is 0 Å². The lowest BCUT2D eigenvalue weighted by Crippen LogP contribution is -2.33. The summed E-state index contributed by atoms with van der Waals surface area (Å²) in [5.41, 5.74) is 2.55. The number of hydrogen-bond acceptors (Lipinski definition) is 4. The van der Waals surface area contributed by atoms with Crippen molar-refractivity contribution in [2.24, 2.45) is 0 Å². The van der Waals surface area contributed by atoms with Gasteiger partial charge in [-0.2, -0.15) is 0 Å². The van der Waals surface area contributed by atoms with E-state index in [1.807, 2.05) is 32.0 Å². The van der Waals surface area contributed by atoms with E-state index >= 15 is 0 Å². The minimum absolute atomic E-state index is 0.0452. The summed E-state index contributed by atoms with van der Waals surface area (Å²) < 4.78 is 12.7. The topological polar surface area (TPSA) is 56.4 Å². The van der Waals surface area contributed by atoms with E-state index < -0.39 is 0 Å². The van der Waals surface area contributed by atoms with Gasteiger partial charge in [-0.3, -0.25) is 4.57 Å². The van der Waals surface area contributed by atoms with Crippen LogP contribution in [0.5, 0.6) is 0 Å². The highest BCUT2D eigenvalue weighted by atomic mass is 16.5. The lowest BCUT2D eigenvalue weighted by atomic mass is 10.1. The lowest BCUT2D eigenvalue weighted by Gasteiger charge is -2.24. The van der Waals surface area contributed by atoms with E-state index in [1.54, 1.807) is 4.57 Å². The first-order valence-electron chi connectivity index (χ1n) is 6.64. The Morgan fingerprint density at radius 3 is 2.95 bits per heavy atom. The summed E-state index contributed by atoms with van der Waals surface area (Å²) in [7, 11) is 0. The van der Waals surface area contributed by atoms with Crippen LogP contribution < -0.4 is 11.1 Å². The minimum Gasteiger partial charge on any atom is -0.408 e. The SMILES string of the molecule is CC(C)n1c(=O)oc2ccc(C3CNCCO3)cc21. The number of oxazole rings is 1. The highest BCUT2D eigenvalue weighted by molar-refractivity contribution is 5.74. The molecule has 1 aliphatic rings. The molecule has 0 amide bonds. The predicted molar refractivity (Wildman–Crippen MR) is 72.4 cm³/mol. The molecule has 1 N–H and O–H groups in total. The van der Waals surface area contributed by atoms with Gasteiger partial charge in [-0.25, -0.2) is 4.79 Å². The van der Waals surface area contributed by atoms with Crippen molar-refractivity contribution in [2.45, 2.75) is 26.0 Å². The maximum atomic E-state index is 11.8. The molecule has 3 rings (SSSR count). The molecule has 5 nitrogen and oxygen atoms in total. The largest absolute Gasteiger partial charge is 0.420 e. The van der Waals surface area contributed by atoms with Crippen molar-refractivity contribution in [3.05, 3.63) is 34.3 Å². The van der Waals surface area contributed by atoms with Crippen LogP contribution in [0.1, 0.15) is 31.6 Å². The quantitative estimate of drug-likeness (QED) is 0.897. The molecule has 0 bridgehead atoms. The molecule has 5 heteroatoms. The Bertz CT molecular complexity index is 636. The van der Waals surface area contributed by atoms with Gasteiger partial charge in [-0.05, 0) is 31.5 Å². The average molecular weight is 262 g/mol. The average Bonchev–Trinajstić information content (AvgIpc) is 2.74. The Kier molecular flexibility index (Phi) is 3.16. The molecular formula is C14H18N2O3. The fourth-order valence-corrected chi connectivity index (χ4v) is 2.52. The van der Waals surface area contributed by atoms with Crippen LogP contribution in [-0.4, -0.2) is 24.3 Å². The van der Waals surface area contributed by atoms with Crippen molar-refractivity contribution in [3.8, 4) is 0 Å². The molecule has 102 valence electrons. The Hall–Kier alpha value is -1.59.